The van der Waals surface area contributed by atoms with Gasteiger partial charge >= 0.3 is 0 Å². The van der Waals surface area contributed by atoms with Crippen molar-refractivity contribution < 1.29 is 0 Å². The van der Waals surface area contributed by atoms with Crippen molar-refractivity contribution in [1.82, 2.24) is 9.97 Å². The molecule has 0 aliphatic heterocycles. The molecule has 2 aromatic heterocycles. The summed E-state index contributed by atoms with van der Waals surface area (Å²) in [6.07, 6.45) is 3.40. The van der Waals surface area contributed by atoms with Crippen LogP contribution in [0.4, 0.5) is 5.69 Å². The molecule has 90 valence electrons. The van der Waals surface area contributed by atoms with Gasteiger partial charge in [0.2, 0.25) is 0 Å². The van der Waals surface area contributed by atoms with Crippen molar-refractivity contribution >= 4 is 39.7 Å². The highest BCUT2D eigenvalue weighted by Gasteiger charge is 2.00. The second-order valence-corrected chi connectivity index (χ2v) is 5.28. The maximum atomic E-state index is 5.88. The lowest BCUT2D eigenvalue weighted by atomic mass is 10.2. The van der Waals surface area contributed by atoms with E-state index in [1.807, 2.05) is 29.6 Å². The lowest BCUT2D eigenvalue weighted by Gasteiger charge is -2.05. The van der Waals surface area contributed by atoms with Gasteiger partial charge in [0.05, 0.1) is 16.1 Å². The summed E-state index contributed by atoms with van der Waals surface area (Å²) in [5.41, 5.74) is 2.83. The van der Waals surface area contributed by atoms with Gasteiger partial charge in [-0.2, -0.15) is 0 Å². The highest BCUT2D eigenvalue weighted by atomic mass is 35.5. The highest BCUT2D eigenvalue weighted by Crippen LogP contribution is 2.21. The molecular formula is C13H10ClN3S. The normalized spacial score (nSPS) is 10.7. The van der Waals surface area contributed by atoms with Crippen molar-refractivity contribution in [3.63, 3.8) is 0 Å². The molecular weight excluding hydrogens is 266 g/mol. The van der Waals surface area contributed by atoms with Gasteiger partial charge in [0, 0.05) is 34.9 Å². The number of thiophene rings is 1. The third kappa shape index (κ3) is 2.44. The first-order valence-electron chi connectivity index (χ1n) is 5.49. The van der Waals surface area contributed by atoms with Crippen molar-refractivity contribution in [3.05, 3.63) is 51.9 Å². The minimum atomic E-state index is 0.767. The predicted molar refractivity (Wildman–Crippen MR) is 76.2 cm³/mol. The Bertz CT molecular complexity index is 681. The largest absolute Gasteiger partial charge is 0.380 e. The topological polar surface area (TPSA) is 37.8 Å². The minimum Gasteiger partial charge on any atom is -0.380 e. The molecule has 0 spiro atoms. The molecule has 3 rings (SSSR count). The Labute approximate surface area is 113 Å². The number of hydrogen-bond donors (Lipinski definition) is 1. The van der Waals surface area contributed by atoms with Crippen LogP contribution in [0.3, 0.4) is 0 Å². The van der Waals surface area contributed by atoms with Crippen LogP contribution in [0.2, 0.25) is 5.02 Å². The molecule has 3 nitrogen and oxygen atoms in total. The number of aromatic nitrogens is 2. The van der Waals surface area contributed by atoms with Gasteiger partial charge in [-0.15, -0.1) is 11.3 Å². The maximum Gasteiger partial charge on any atom is 0.0907 e. The summed E-state index contributed by atoms with van der Waals surface area (Å²) in [7, 11) is 0. The van der Waals surface area contributed by atoms with Crippen LogP contribution in [-0.2, 0) is 6.54 Å². The summed E-state index contributed by atoms with van der Waals surface area (Å²) in [5.74, 6) is 0. The molecule has 5 heteroatoms. The van der Waals surface area contributed by atoms with E-state index in [2.05, 4.69) is 15.3 Å². The van der Waals surface area contributed by atoms with Gasteiger partial charge in [-0.1, -0.05) is 11.6 Å². The van der Waals surface area contributed by atoms with E-state index in [-0.39, 0.29) is 0 Å². The van der Waals surface area contributed by atoms with Crippen LogP contribution in [0.5, 0.6) is 0 Å². The number of nitrogens with one attached hydrogen (secondary N) is 1. The first-order valence-corrected chi connectivity index (χ1v) is 6.74. The Morgan fingerprint density at radius 2 is 1.94 bits per heavy atom. The van der Waals surface area contributed by atoms with Crippen molar-refractivity contribution in [2.24, 2.45) is 0 Å². The Balaban J connectivity index is 1.78. The number of anilines is 1. The molecule has 0 aliphatic rings. The quantitative estimate of drug-likeness (QED) is 0.786. The van der Waals surface area contributed by atoms with Crippen molar-refractivity contribution in [3.8, 4) is 0 Å². The Morgan fingerprint density at radius 1 is 1.11 bits per heavy atom. The third-order valence-electron chi connectivity index (χ3n) is 2.56. The Kier molecular flexibility index (Phi) is 3.13. The molecule has 1 aromatic carbocycles. The first kappa shape index (κ1) is 11.4. The zero-order valence-corrected chi connectivity index (χ0v) is 11.0. The molecule has 0 amide bonds. The minimum absolute atomic E-state index is 0.767. The van der Waals surface area contributed by atoms with Gasteiger partial charge < -0.3 is 5.32 Å². The lowest BCUT2D eigenvalue weighted by molar-refractivity contribution is 1.19. The van der Waals surface area contributed by atoms with Crippen LogP contribution in [0.15, 0.2) is 42.0 Å². The second-order valence-electron chi connectivity index (χ2n) is 3.84. The fraction of sp³-hybridized carbons (Fsp3) is 0.0769. The zero-order chi connectivity index (χ0) is 12.4. The summed E-state index contributed by atoms with van der Waals surface area (Å²) in [6, 6.07) is 7.94. The number of rotatable bonds is 3. The van der Waals surface area contributed by atoms with Crippen molar-refractivity contribution in [1.29, 1.82) is 0 Å². The molecule has 0 saturated carbocycles. The molecule has 0 saturated heterocycles. The van der Waals surface area contributed by atoms with E-state index >= 15 is 0 Å². The number of fused-ring (bicyclic) bond motifs is 1. The smallest absolute Gasteiger partial charge is 0.0907 e. The summed E-state index contributed by atoms with van der Waals surface area (Å²) >= 11 is 7.53. The van der Waals surface area contributed by atoms with Gasteiger partial charge in [0.1, 0.15) is 0 Å². The van der Waals surface area contributed by atoms with Crippen LogP contribution >= 0.6 is 22.9 Å². The van der Waals surface area contributed by atoms with E-state index < -0.39 is 0 Å². The van der Waals surface area contributed by atoms with Crippen LogP contribution in [0.1, 0.15) is 4.88 Å². The number of hydrogen-bond acceptors (Lipinski definition) is 4. The van der Waals surface area contributed by atoms with Crippen LogP contribution in [0, 0.1) is 0 Å². The molecule has 0 radical (unpaired) electrons. The van der Waals surface area contributed by atoms with E-state index in [1.165, 1.54) is 4.88 Å². The van der Waals surface area contributed by atoms with Crippen molar-refractivity contribution in [2.45, 2.75) is 6.54 Å². The van der Waals surface area contributed by atoms with Crippen LogP contribution < -0.4 is 5.32 Å². The van der Waals surface area contributed by atoms with E-state index in [1.54, 1.807) is 23.7 Å². The Hall–Kier alpha value is -1.65. The van der Waals surface area contributed by atoms with Crippen LogP contribution in [-0.4, -0.2) is 9.97 Å². The summed E-state index contributed by atoms with van der Waals surface area (Å²) in [6.45, 7) is 0.767. The van der Waals surface area contributed by atoms with Gasteiger partial charge in [0.25, 0.3) is 0 Å². The third-order valence-corrected chi connectivity index (χ3v) is 3.84. The van der Waals surface area contributed by atoms with Gasteiger partial charge in [-0.25, -0.2) is 0 Å². The van der Waals surface area contributed by atoms with E-state index in [0.717, 1.165) is 28.3 Å². The molecule has 0 unspecified atom stereocenters. The lowest BCUT2D eigenvalue weighted by Crippen LogP contribution is -1.97. The average molecular weight is 276 g/mol. The van der Waals surface area contributed by atoms with E-state index in [4.69, 9.17) is 11.6 Å². The maximum absolute atomic E-state index is 5.88. The number of halogens is 1. The van der Waals surface area contributed by atoms with Gasteiger partial charge in [0.15, 0.2) is 0 Å². The molecule has 0 atom stereocenters. The Morgan fingerprint density at radius 3 is 2.72 bits per heavy atom. The summed E-state index contributed by atoms with van der Waals surface area (Å²) < 4.78 is 0. The molecule has 0 fully saturated rings. The number of nitrogens with zero attached hydrogens (tertiary/aromatic N) is 2. The van der Waals surface area contributed by atoms with Gasteiger partial charge in [-0.05, 0) is 24.3 Å². The number of benzene rings is 1. The molecule has 1 N–H and O–H groups in total. The monoisotopic (exact) mass is 275 g/mol. The molecule has 3 aromatic rings. The highest BCUT2D eigenvalue weighted by molar-refractivity contribution is 7.10. The summed E-state index contributed by atoms with van der Waals surface area (Å²) in [5, 5.41) is 6.08. The SMILES string of the molecule is Clc1csc(CNc2ccc3nccnc3c2)c1. The fourth-order valence-corrected chi connectivity index (χ4v) is 2.72. The molecule has 18 heavy (non-hydrogen) atoms. The zero-order valence-electron chi connectivity index (χ0n) is 9.43. The standard InChI is InChI=1S/C13H10ClN3S/c14-9-5-11(18-8-9)7-17-10-1-2-12-13(6-10)16-4-3-15-12/h1-6,8,17H,7H2. The predicted octanol–water partition coefficient (Wildman–Crippen LogP) is 3.96. The van der Waals surface area contributed by atoms with Crippen molar-refractivity contribution in [2.75, 3.05) is 5.32 Å². The fourth-order valence-electron chi connectivity index (χ4n) is 1.71. The van der Waals surface area contributed by atoms with E-state index in [0.29, 0.717) is 0 Å². The summed E-state index contributed by atoms with van der Waals surface area (Å²) in [4.78, 5) is 9.73. The first-order chi connectivity index (χ1) is 8.81. The molecule has 2 heterocycles. The average Bonchev–Trinajstić information content (AvgIpc) is 2.82. The molecule has 0 bridgehead atoms. The molecule has 0 aliphatic carbocycles. The second kappa shape index (κ2) is 4.92. The van der Waals surface area contributed by atoms with Crippen LogP contribution in [0.25, 0.3) is 11.0 Å². The van der Waals surface area contributed by atoms with E-state index in [9.17, 15) is 0 Å². The van der Waals surface area contributed by atoms with Gasteiger partial charge in [-0.3, -0.25) is 9.97 Å².